The topological polar surface area (TPSA) is 38.3 Å². The Morgan fingerprint density at radius 3 is 2.54 bits per heavy atom. The van der Waals surface area contributed by atoms with Crippen molar-refractivity contribution in [1.82, 2.24) is 5.32 Å². The van der Waals surface area contributed by atoms with E-state index in [0.29, 0.717) is 6.61 Å². The molecule has 0 radical (unpaired) electrons. The van der Waals surface area contributed by atoms with Crippen LogP contribution in [0.2, 0.25) is 0 Å². The molecule has 0 bridgehead atoms. The third kappa shape index (κ3) is 5.23. The number of halogens is 2. The Hall–Kier alpha value is -2.08. The molecule has 0 spiro atoms. The van der Waals surface area contributed by atoms with E-state index in [1.54, 1.807) is 6.92 Å². The summed E-state index contributed by atoms with van der Waals surface area (Å²) in [6, 6.07) is 10.3. The summed E-state index contributed by atoms with van der Waals surface area (Å²) in [5.41, 5.74) is 0.260. The molecule has 3 nitrogen and oxygen atoms in total. The molecule has 0 heterocycles. The van der Waals surface area contributed by atoms with Crippen LogP contribution in [0, 0.1) is 11.6 Å². The van der Waals surface area contributed by atoms with Gasteiger partial charge < -0.3 is 10.1 Å². The fraction of sp³-hybridized carbons (Fsp3) is 0.278. The molecule has 0 aliphatic heterocycles. The smallest absolute Gasteiger partial charge is 0.230 e. The first-order chi connectivity index (χ1) is 11.5. The Balaban J connectivity index is 1.86. The van der Waals surface area contributed by atoms with Gasteiger partial charge in [0, 0.05) is 16.5 Å². The van der Waals surface area contributed by atoms with Crippen molar-refractivity contribution in [3.05, 3.63) is 59.7 Å². The maximum Gasteiger partial charge on any atom is 0.230 e. The van der Waals surface area contributed by atoms with E-state index in [9.17, 15) is 13.6 Å². The first kappa shape index (κ1) is 18.3. The largest absolute Gasteiger partial charge is 0.494 e. The molecular formula is C18H19F2NO2S. The number of benzene rings is 2. The molecule has 6 heteroatoms. The molecule has 0 aromatic heterocycles. The van der Waals surface area contributed by atoms with Crippen molar-refractivity contribution in [3.8, 4) is 5.75 Å². The van der Waals surface area contributed by atoms with Crippen molar-refractivity contribution in [2.75, 3.05) is 12.4 Å². The van der Waals surface area contributed by atoms with Crippen LogP contribution in [0.5, 0.6) is 5.75 Å². The van der Waals surface area contributed by atoms with E-state index in [0.717, 1.165) is 16.7 Å². The second-order valence-electron chi connectivity index (χ2n) is 5.15. The van der Waals surface area contributed by atoms with E-state index in [1.165, 1.54) is 23.9 Å². The van der Waals surface area contributed by atoms with Gasteiger partial charge in [-0.25, -0.2) is 8.78 Å². The summed E-state index contributed by atoms with van der Waals surface area (Å²) in [5.74, 6) is -0.527. The van der Waals surface area contributed by atoms with Crippen LogP contribution in [0.25, 0.3) is 0 Å². The zero-order valence-electron chi connectivity index (χ0n) is 13.5. The molecular weight excluding hydrogens is 332 g/mol. The third-order valence-corrected chi connectivity index (χ3v) is 4.32. The minimum absolute atomic E-state index is 0.209. The van der Waals surface area contributed by atoms with Gasteiger partial charge in [0.1, 0.15) is 17.4 Å². The van der Waals surface area contributed by atoms with Crippen molar-refractivity contribution >= 4 is 17.7 Å². The molecule has 1 amide bonds. The number of hydrogen-bond donors (Lipinski definition) is 1. The molecule has 2 rings (SSSR count). The summed E-state index contributed by atoms with van der Waals surface area (Å²) in [5, 5.41) is 2.71. The molecule has 0 saturated carbocycles. The summed E-state index contributed by atoms with van der Waals surface area (Å²) in [7, 11) is 0. The Kier molecular flexibility index (Phi) is 6.61. The number of hydrogen-bond acceptors (Lipinski definition) is 3. The van der Waals surface area contributed by atoms with Gasteiger partial charge in [-0.1, -0.05) is 6.07 Å². The lowest BCUT2D eigenvalue weighted by atomic mass is 10.1. The maximum absolute atomic E-state index is 13.7. The van der Waals surface area contributed by atoms with Crippen LogP contribution < -0.4 is 10.1 Å². The molecule has 0 aliphatic carbocycles. The van der Waals surface area contributed by atoms with Crippen molar-refractivity contribution in [3.63, 3.8) is 0 Å². The summed E-state index contributed by atoms with van der Waals surface area (Å²) < 4.78 is 32.0. The first-order valence-corrected chi connectivity index (χ1v) is 8.58. The highest BCUT2D eigenvalue weighted by molar-refractivity contribution is 8.00. The minimum Gasteiger partial charge on any atom is -0.494 e. The van der Waals surface area contributed by atoms with E-state index in [1.807, 2.05) is 31.2 Å². The zero-order valence-corrected chi connectivity index (χ0v) is 14.3. The van der Waals surface area contributed by atoms with Gasteiger partial charge in [-0.2, -0.15) is 0 Å². The lowest BCUT2D eigenvalue weighted by molar-refractivity contribution is -0.119. The molecule has 1 atom stereocenters. The number of thioether (sulfide) groups is 1. The molecule has 24 heavy (non-hydrogen) atoms. The Labute approximate surface area is 144 Å². The van der Waals surface area contributed by atoms with Crippen molar-refractivity contribution in [1.29, 1.82) is 0 Å². The van der Waals surface area contributed by atoms with Gasteiger partial charge >= 0.3 is 0 Å². The van der Waals surface area contributed by atoms with Gasteiger partial charge in [-0.3, -0.25) is 4.79 Å². The van der Waals surface area contributed by atoms with Gasteiger partial charge in [0.05, 0.1) is 18.4 Å². The lowest BCUT2D eigenvalue weighted by Gasteiger charge is -2.15. The number of ether oxygens (including phenoxy) is 1. The Morgan fingerprint density at radius 1 is 1.21 bits per heavy atom. The summed E-state index contributed by atoms with van der Waals surface area (Å²) in [6.45, 7) is 4.18. The molecule has 0 unspecified atom stereocenters. The van der Waals surface area contributed by atoms with Crippen molar-refractivity contribution in [2.24, 2.45) is 0 Å². The maximum atomic E-state index is 13.7. The van der Waals surface area contributed by atoms with Crippen LogP contribution in [-0.2, 0) is 4.79 Å². The van der Waals surface area contributed by atoms with Gasteiger partial charge in [0.2, 0.25) is 5.91 Å². The van der Waals surface area contributed by atoms with Gasteiger partial charge in [0.15, 0.2) is 0 Å². The number of carbonyl (C=O) groups is 1. The molecule has 0 saturated heterocycles. The second-order valence-corrected chi connectivity index (χ2v) is 6.20. The summed E-state index contributed by atoms with van der Waals surface area (Å²) in [4.78, 5) is 12.9. The van der Waals surface area contributed by atoms with E-state index in [2.05, 4.69) is 5.32 Å². The number of amides is 1. The van der Waals surface area contributed by atoms with Gasteiger partial charge in [-0.05, 0) is 44.2 Å². The summed E-state index contributed by atoms with van der Waals surface area (Å²) >= 11 is 1.38. The number of rotatable bonds is 7. The fourth-order valence-electron chi connectivity index (χ4n) is 2.16. The first-order valence-electron chi connectivity index (χ1n) is 7.59. The SMILES string of the molecule is CCOc1ccc(SCC(=O)N[C@H](C)c2ccc(F)cc2F)cc1. The number of nitrogens with one attached hydrogen (secondary N) is 1. The monoisotopic (exact) mass is 351 g/mol. The van der Waals surface area contributed by atoms with Crippen LogP contribution >= 0.6 is 11.8 Å². The average Bonchev–Trinajstić information content (AvgIpc) is 2.54. The molecule has 128 valence electrons. The average molecular weight is 351 g/mol. The molecule has 1 N–H and O–H groups in total. The highest BCUT2D eigenvalue weighted by atomic mass is 32.2. The fourth-order valence-corrected chi connectivity index (χ4v) is 2.87. The van der Waals surface area contributed by atoms with E-state index in [-0.39, 0.29) is 17.2 Å². The Bertz CT molecular complexity index is 692. The minimum atomic E-state index is -0.665. The van der Waals surface area contributed by atoms with Crippen molar-refractivity contribution in [2.45, 2.75) is 24.8 Å². The third-order valence-electron chi connectivity index (χ3n) is 3.31. The van der Waals surface area contributed by atoms with Gasteiger partial charge in [0.25, 0.3) is 0 Å². The molecule has 0 aliphatic rings. The van der Waals surface area contributed by atoms with Crippen molar-refractivity contribution < 1.29 is 18.3 Å². The molecule has 0 fully saturated rings. The van der Waals surface area contributed by atoms with E-state index < -0.39 is 17.7 Å². The van der Waals surface area contributed by atoms with Gasteiger partial charge in [-0.15, -0.1) is 11.8 Å². The van der Waals surface area contributed by atoms with E-state index >= 15 is 0 Å². The standard InChI is InChI=1S/C18H19F2NO2S/c1-3-23-14-5-7-15(8-6-14)24-11-18(22)21-12(2)16-9-4-13(19)10-17(16)20/h4-10,12H,3,11H2,1-2H3,(H,21,22)/t12-/m1/s1. The van der Waals surface area contributed by atoms with E-state index in [4.69, 9.17) is 4.74 Å². The Morgan fingerprint density at radius 2 is 1.92 bits per heavy atom. The molecule has 2 aromatic rings. The van der Waals surface area contributed by atoms with Crippen LogP contribution in [0.1, 0.15) is 25.5 Å². The predicted molar refractivity (Wildman–Crippen MR) is 91.3 cm³/mol. The van der Waals surface area contributed by atoms with Crippen LogP contribution in [0.4, 0.5) is 8.78 Å². The number of carbonyl (C=O) groups excluding carboxylic acids is 1. The summed E-state index contributed by atoms with van der Waals surface area (Å²) in [6.07, 6.45) is 0. The second kappa shape index (κ2) is 8.68. The van der Waals surface area contributed by atoms with Crippen LogP contribution in [-0.4, -0.2) is 18.3 Å². The zero-order chi connectivity index (χ0) is 17.5. The highest BCUT2D eigenvalue weighted by Crippen LogP contribution is 2.22. The van der Waals surface area contributed by atoms with Crippen LogP contribution in [0.15, 0.2) is 47.4 Å². The highest BCUT2D eigenvalue weighted by Gasteiger charge is 2.14. The lowest BCUT2D eigenvalue weighted by Crippen LogP contribution is -2.28. The quantitative estimate of drug-likeness (QED) is 0.755. The van der Waals surface area contributed by atoms with Crippen LogP contribution in [0.3, 0.4) is 0 Å². The molecule has 2 aromatic carbocycles. The normalized spacial score (nSPS) is 11.8. The predicted octanol–water partition coefficient (Wildman–Crippen LogP) is 4.33.